The predicted octanol–water partition coefficient (Wildman–Crippen LogP) is 3.78. The fourth-order valence-corrected chi connectivity index (χ4v) is 4.51. The summed E-state index contributed by atoms with van der Waals surface area (Å²) in [6, 6.07) is 6.16. The third-order valence-electron chi connectivity index (χ3n) is 6.33. The quantitative estimate of drug-likeness (QED) is 0.674. The molecule has 2 fully saturated rings. The predicted molar refractivity (Wildman–Crippen MR) is 120 cm³/mol. The summed E-state index contributed by atoms with van der Waals surface area (Å²) in [4.78, 5) is 25.8. The van der Waals surface area contributed by atoms with Gasteiger partial charge in [-0.15, -0.1) is 0 Å². The Balaban J connectivity index is 1.41. The first kappa shape index (κ1) is 20.7. The number of hydrogen-bond acceptors (Lipinski definition) is 5. The van der Waals surface area contributed by atoms with Crippen LogP contribution in [0.4, 0.5) is 20.7 Å². The maximum absolute atomic E-state index is 14.7. The highest BCUT2D eigenvalue weighted by Gasteiger charge is 2.35. The van der Waals surface area contributed by atoms with Crippen molar-refractivity contribution in [1.82, 2.24) is 19.3 Å². The number of morpholine rings is 1. The Labute approximate surface area is 186 Å². The lowest BCUT2D eigenvalue weighted by molar-refractivity contribution is 0.122. The van der Waals surface area contributed by atoms with Gasteiger partial charge in [-0.1, -0.05) is 0 Å². The Bertz CT molecular complexity index is 1150. The monoisotopic (exact) mass is 438 g/mol. The Morgan fingerprint density at radius 2 is 2.00 bits per heavy atom. The van der Waals surface area contributed by atoms with E-state index in [-0.39, 0.29) is 11.6 Å². The van der Waals surface area contributed by atoms with Crippen molar-refractivity contribution >= 4 is 23.3 Å². The second-order valence-corrected chi connectivity index (χ2v) is 8.89. The van der Waals surface area contributed by atoms with E-state index in [2.05, 4.69) is 34.0 Å². The lowest BCUT2D eigenvalue weighted by Gasteiger charge is -2.31. The summed E-state index contributed by atoms with van der Waals surface area (Å²) in [5.74, 6) is 1.04. The van der Waals surface area contributed by atoms with Crippen LogP contribution in [0.25, 0.3) is 17.0 Å². The molecule has 0 bridgehead atoms. The largest absolute Gasteiger partial charge is 0.378 e. The zero-order valence-electron chi connectivity index (χ0n) is 18.3. The average molecular weight is 439 g/mol. The van der Waals surface area contributed by atoms with Crippen LogP contribution in [0.5, 0.6) is 0 Å². The highest BCUT2D eigenvalue weighted by molar-refractivity contribution is 5.90. The van der Waals surface area contributed by atoms with Crippen molar-refractivity contribution in [2.24, 2.45) is 0 Å². The van der Waals surface area contributed by atoms with E-state index >= 15 is 0 Å². The van der Waals surface area contributed by atoms with Gasteiger partial charge in [0.25, 0.3) is 0 Å². The summed E-state index contributed by atoms with van der Waals surface area (Å²) in [5, 5.41) is 2.91. The molecule has 2 aromatic heterocycles. The highest BCUT2D eigenvalue weighted by atomic mass is 19.1. The van der Waals surface area contributed by atoms with Crippen molar-refractivity contribution in [2.75, 3.05) is 43.1 Å². The molecule has 168 valence electrons. The normalized spacial score (nSPS) is 18.3. The standard InChI is InChI=1S/C23H27FN6O2/c1-23(2)7-3-8-30(23)22(31)26-16-4-5-18(24)17(14-16)19-6-9-29-20(15-25-21(29)27-19)28-10-12-32-13-11-28/h4-6,9,14-15H,3,7-8,10-13H2,1-2H3,(H,26,31). The van der Waals surface area contributed by atoms with E-state index in [1.807, 2.05) is 15.5 Å². The summed E-state index contributed by atoms with van der Waals surface area (Å²) in [5.41, 5.74) is 1.14. The van der Waals surface area contributed by atoms with Gasteiger partial charge in [-0.25, -0.2) is 19.2 Å². The average Bonchev–Trinajstić information content (AvgIpc) is 3.37. The SMILES string of the molecule is CC1(C)CCCN1C(=O)Nc1ccc(F)c(-c2ccn3c(N4CCOCC4)cnc3n2)c1. The third-order valence-corrected chi connectivity index (χ3v) is 6.33. The molecule has 0 radical (unpaired) electrons. The minimum atomic E-state index is -0.402. The van der Waals surface area contributed by atoms with Crippen molar-refractivity contribution in [3.05, 3.63) is 42.5 Å². The number of urea groups is 1. The van der Waals surface area contributed by atoms with Crippen LogP contribution in [0.2, 0.25) is 0 Å². The number of fused-ring (bicyclic) bond motifs is 1. The van der Waals surface area contributed by atoms with Gasteiger partial charge in [0.05, 0.1) is 25.1 Å². The molecular formula is C23H27FN6O2. The third kappa shape index (κ3) is 3.77. The van der Waals surface area contributed by atoms with Crippen LogP contribution in [-0.2, 0) is 4.74 Å². The van der Waals surface area contributed by atoms with Gasteiger partial charge in [0.2, 0.25) is 5.78 Å². The minimum Gasteiger partial charge on any atom is -0.378 e. The number of nitrogens with zero attached hydrogens (tertiary/aromatic N) is 5. The topological polar surface area (TPSA) is 75.0 Å². The second kappa shape index (κ2) is 8.05. The molecule has 5 rings (SSSR count). The smallest absolute Gasteiger partial charge is 0.322 e. The lowest BCUT2D eigenvalue weighted by atomic mass is 10.0. The molecule has 2 aliphatic rings. The van der Waals surface area contributed by atoms with Gasteiger partial charge in [-0.3, -0.25) is 4.40 Å². The molecule has 8 nitrogen and oxygen atoms in total. The Kier molecular flexibility index (Phi) is 5.21. The number of benzene rings is 1. The first-order valence-electron chi connectivity index (χ1n) is 11.0. The molecule has 2 amide bonds. The molecule has 0 spiro atoms. The van der Waals surface area contributed by atoms with Crippen LogP contribution in [0.3, 0.4) is 0 Å². The number of ether oxygens (including phenoxy) is 1. The number of halogens is 1. The van der Waals surface area contributed by atoms with Gasteiger partial charge in [-0.05, 0) is 51.0 Å². The summed E-state index contributed by atoms with van der Waals surface area (Å²) in [6.07, 6.45) is 5.58. The maximum Gasteiger partial charge on any atom is 0.322 e. The summed E-state index contributed by atoms with van der Waals surface area (Å²) in [7, 11) is 0. The number of hydrogen-bond donors (Lipinski definition) is 1. The summed E-state index contributed by atoms with van der Waals surface area (Å²) in [6.45, 7) is 7.78. The van der Waals surface area contributed by atoms with Crippen LogP contribution in [0, 0.1) is 5.82 Å². The molecule has 0 atom stereocenters. The van der Waals surface area contributed by atoms with Crippen LogP contribution in [-0.4, -0.2) is 63.7 Å². The number of amides is 2. The zero-order chi connectivity index (χ0) is 22.3. The minimum absolute atomic E-state index is 0.170. The molecular weight excluding hydrogens is 411 g/mol. The van der Waals surface area contributed by atoms with Gasteiger partial charge in [0.15, 0.2) is 0 Å². The van der Waals surface area contributed by atoms with E-state index in [1.165, 1.54) is 6.07 Å². The molecule has 1 N–H and O–H groups in total. The van der Waals surface area contributed by atoms with Crippen molar-refractivity contribution in [2.45, 2.75) is 32.2 Å². The van der Waals surface area contributed by atoms with E-state index in [4.69, 9.17) is 4.74 Å². The molecule has 2 saturated heterocycles. The van der Waals surface area contributed by atoms with E-state index < -0.39 is 5.82 Å². The van der Waals surface area contributed by atoms with Crippen LogP contribution >= 0.6 is 0 Å². The molecule has 2 aliphatic heterocycles. The number of anilines is 2. The number of imidazole rings is 1. The number of aromatic nitrogens is 3. The zero-order valence-corrected chi connectivity index (χ0v) is 18.3. The number of rotatable bonds is 3. The first-order valence-corrected chi connectivity index (χ1v) is 11.0. The summed E-state index contributed by atoms with van der Waals surface area (Å²) >= 11 is 0. The van der Waals surface area contributed by atoms with Crippen LogP contribution in [0.1, 0.15) is 26.7 Å². The van der Waals surface area contributed by atoms with Crippen molar-refractivity contribution < 1.29 is 13.9 Å². The van der Waals surface area contributed by atoms with Gasteiger partial charge in [0.1, 0.15) is 11.6 Å². The fraction of sp³-hybridized carbons (Fsp3) is 0.435. The molecule has 0 aliphatic carbocycles. The van der Waals surface area contributed by atoms with E-state index in [9.17, 15) is 9.18 Å². The van der Waals surface area contributed by atoms with E-state index in [0.29, 0.717) is 35.9 Å². The summed E-state index contributed by atoms with van der Waals surface area (Å²) < 4.78 is 22.0. The fourth-order valence-electron chi connectivity index (χ4n) is 4.51. The Hall–Kier alpha value is -3.20. The molecule has 4 heterocycles. The van der Waals surface area contributed by atoms with E-state index in [0.717, 1.165) is 38.3 Å². The molecule has 32 heavy (non-hydrogen) atoms. The lowest BCUT2D eigenvalue weighted by Crippen LogP contribution is -2.44. The molecule has 1 aromatic carbocycles. The second-order valence-electron chi connectivity index (χ2n) is 8.89. The van der Waals surface area contributed by atoms with Crippen molar-refractivity contribution in [3.63, 3.8) is 0 Å². The van der Waals surface area contributed by atoms with E-state index in [1.54, 1.807) is 24.4 Å². The first-order chi connectivity index (χ1) is 15.4. The number of carbonyl (C=O) groups excluding carboxylic acids is 1. The van der Waals surface area contributed by atoms with Crippen molar-refractivity contribution in [3.8, 4) is 11.3 Å². The molecule has 0 saturated carbocycles. The number of nitrogens with one attached hydrogen (secondary N) is 1. The number of carbonyl (C=O) groups is 1. The Morgan fingerprint density at radius 3 is 2.75 bits per heavy atom. The highest BCUT2D eigenvalue weighted by Crippen LogP contribution is 2.30. The molecule has 3 aromatic rings. The van der Waals surface area contributed by atoms with Crippen molar-refractivity contribution in [1.29, 1.82) is 0 Å². The molecule has 0 unspecified atom stereocenters. The maximum atomic E-state index is 14.7. The molecule has 9 heteroatoms. The van der Waals surface area contributed by atoms with Gasteiger partial charge in [0, 0.05) is 42.6 Å². The Morgan fingerprint density at radius 1 is 1.19 bits per heavy atom. The van der Waals surface area contributed by atoms with Gasteiger partial charge >= 0.3 is 6.03 Å². The van der Waals surface area contributed by atoms with Gasteiger partial charge < -0.3 is 19.9 Å². The van der Waals surface area contributed by atoms with Crippen LogP contribution in [0.15, 0.2) is 36.7 Å². The van der Waals surface area contributed by atoms with Crippen LogP contribution < -0.4 is 10.2 Å². The number of likely N-dealkylation sites (tertiary alicyclic amines) is 1. The van der Waals surface area contributed by atoms with Gasteiger partial charge in [-0.2, -0.15) is 0 Å².